The van der Waals surface area contributed by atoms with Gasteiger partial charge in [0.05, 0.1) is 0 Å². The quantitative estimate of drug-likeness (QED) is 0.293. The molecule has 0 aliphatic carbocycles. The third-order valence-corrected chi connectivity index (χ3v) is 2.20. The molecule has 8 heteroatoms. The molecule has 19 heavy (non-hydrogen) atoms. The molecule has 0 atom stereocenters. The van der Waals surface area contributed by atoms with Crippen LogP contribution >= 0.6 is 11.6 Å². The summed E-state index contributed by atoms with van der Waals surface area (Å²) in [5.74, 6) is -1.03. The number of halogens is 1. The Morgan fingerprint density at radius 1 is 1.21 bits per heavy atom. The summed E-state index contributed by atoms with van der Waals surface area (Å²) >= 11 is 5.49. The zero-order chi connectivity index (χ0) is 14.8. The van der Waals surface area contributed by atoms with Gasteiger partial charge < -0.3 is 5.32 Å². The van der Waals surface area contributed by atoms with E-state index in [1.54, 1.807) is 6.07 Å². The molecule has 104 valence electrons. The predicted molar refractivity (Wildman–Crippen MR) is 69.0 cm³/mol. The largest absolute Gasteiger partial charge is 0.387 e. The molecule has 7 nitrogen and oxygen atoms in total. The molecule has 0 fully saturated rings. The molecule has 0 saturated carbocycles. The van der Waals surface area contributed by atoms with Crippen molar-refractivity contribution >= 4 is 29.4 Å². The van der Waals surface area contributed by atoms with Gasteiger partial charge in [0.2, 0.25) is 5.91 Å². The van der Waals surface area contributed by atoms with Gasteiger partial charge in [0, 0.05) is 25.0 Å². The number of urea groups is 1. The highest BCUT2D eigenvalue weighted by Crippen LogP contribution is 2.00. The number of hydrogen-bond donors (Lipinski definition) is 3. The van der Waals surface area contributed by atoms with Crippen LogP contribution in [0.5, 0.6) is 0 Å². The van der Waals surface area contributed by atoms with Crippen LogP contribution in [-0.4, -0.2) is 30.3 Å². The molecule has 0 heterocycles. The molecule has 0 radical (unpaired) electrons. The van der Waals surface area contributed by atoms with Gasteiger partial charge in [0.1, 0.15) is 11.6 Å². The van der Waals surface area contributed by atoms with Crippen molar-refractivity contribution in [1.29, 1.82) is 5.26 Å². The summed E-state index contributed by atoms with van der Waals surface area (Å²) in [5.41, 5.74) is 0.106. The molecule has 0 rings (SSSR count). The van der Waals surface area contributed by atoms with Crippen LogP contribution in [0.4, 0.5) is 4.79 Å². The first-order valence-electron chi connectivity index (χ1n) is 5.46. The molecule has 0 spiro atoms. The maximum Gasteiger partial charge on any atom is 0.328 e. The molecule has 4 amide bonds. The summed E-state index contributed by atoms with van der Waals surface area (Å²) in [6.45, 7) is 3.17. The first-order chi connectivity index (χ1) is 8.92. The topological polar surface area (TPSA) is 111 Å². The Morgan fingerprint density at radius 3 is 2.32 bits per heavy atom. The van der Waals surface area contributed by atoms with E-state index < -0.39 is 17.8 Å². The van der Waals surface area contributed by atoms with Crippen molar-refractivity contribution in [1.82, 2.24) is 16.0 Å². The number of alkyl halides is 1. The molecule has 0 aliphatic heterocycles. The average molecular weight is 287 g/mol. The lowest BCUT2D eigenvalue weighted by molar-refractivity contribution is -0.118. The summed E-state index contributed by atoms with van der Waals surface area (Å²) in [6.07, 6.45) is 0.671. The Morgan fingerprint density at radius 2 is 1.84 bits per heavy atom. The third kappa shape index (κ3) is 7.06. The number of rotatable bonds is 5. The van der Waals surface area contributed by atoms with Crippen molar-refractivity contribution in [3.05, 3.63) is 11.3 Å². The van der Waals surface area contributed by atoms with Crippen LogP contribution in [0, 0.1) is 11.3 Å². The van der Waals surface area contributed by atoms with Gasteiger partial charge >= 0.3 is 6.03 Å². The van der Waals surface area contributed by atoms with Gasteiger partial charge in [-0.1, -0.05) is 0 Å². The number of hydrogen-bond acceptors (Lipinski definition) is 5. The van der Waals surface area contributed by atoms with E-state index in [1.807, 2.05) is 10.6 Å². The number of nitrogens with zero attached hydrogens (tertiary/aromatic N) is 1. The fraction of sp³-hybridized carbons (Fsp3) is 0.455. The van der Waals surface area contributed by atoms with Crippen LogP contribution in [0.15, 0.2) is 11.3 Å². The second kappa shape index (κ2) is 8.94. The van der Waals surface area contributed by atoms with Gasteiger partial charge in [0.15, 0.2) is 0 Å². The maximum atomic E-state index is 11.6. The van der Waals surface area contributed by atoms with E-state index in [9.17, 15) is 14.4 Å². The number of carbonyl (C=O) groups is 3. The van der Waals surface area contributed by atoms with Crippen molar-refractivity contribution in [2.24, 2.45) is 0 Å². The van der Waals surface area contributed by atoms with Crippen molar-refractivity contribution < 1.29 is 14.4 Å². The zero-order valence-electron chi connectivity index (χ0n) is 10.7. The lowest BCUT2D eigenvalue weighted by Gasteiger charge is -2.08. The minimum atomic E-state index is -0.973. The van der Waals surface area contributed by atoms with Crippen LogP contribution < -0.4 is 16.0 Å². The average Bonchev–Trinajstić information content (AvgIpc) is 2.28. The first-order valence-corrected chi connectivity index (χ1v) is 5.99. The standard InChI is InChI=1S/C11H15ClN4O3/c1-7(14-5-3-4-12)9(6-13)10(18)16-11(19)15-8(2)17/h14H,3-5H2,1-2H3,(H2,15,16,17,18,19)/b9-7+. The minimum Gasteiger partial charge on any atom is -0.387 e. The molecule has 0 aromatic carbocycles. The predicted octanol–water partition coefficient (Wildman–Crippen LogP) is 0.375. The second-order valence-corrected chi connectivity index (χ2v) is 3.92. The van der Waals surface area contributed by atoms with Crippen LogP contribution in [0.25, 0.3) is 0 Å². The number of imide groups is 2. The lowest BCUT2D eigenvalue weighted by Crippen LogP contribution is -2.42. The summed E-state index contributed by atoms with van der Waals surface area (Å²) in [4.78, 5) is 33.3. The molecule has 0 aromatic heterocycles. The Hall–Kier alpha value is -2.07. The fourth-order valence-corrected chi connectivity index (χ4v) is 1.23. The van der Waals surface area contributed by atoms with E-state index in [2.05, 4.69) is 5.32 Å². The van der Waals surface area contributed by atoms with E-state index in [-0.39, 0.29) is 5.57 Å². The van der Waals surface area contributed by atoms with Crippen molar-refractivity contribution in [3.63, 3.8) is 0 Å². The summed E-state index contributed by atoms with van der Waals surface area (Å²) in [6, 6.07) is 0.721. The third-order valence-electron chi connectivity index (χ3n) is 1.93. The highest BCUT2D eigenvalue weighted by molar-refractivity contribution is 6.17. The first kappa shape index (κ1) is 16.9. The summed E-state index contributed by atoms with van der Waals surface area (Å²) in [7, 11) is 0. The maximum absolute atomic E-state index is 11.6. The highest BCUT2D eigenvalue weighted by Gasteiger charge is 2.16. The number of nitriles is 1. The van der Waals surface area contributed by atoms with Crippen LogP contribution in [0.2, 0.25) is 0 Å². The molecule has 0 saturated heterocycles. The SMILES string of the molecule is CC(=O)NC(=O)NC(=O)/C(C#N)=C(\C)NCCCCl. The molecular formula is C11H15ClN4O3. The molecule has 0 bridgehead atoms. The fourth-order valence-electron chi connectivity index (χ4n) is 1.09. The molecule has 0 unspecified atom stereocenters. The van der Waals surface area contributed by atoms with Crippen molar-refractivity contribution in [3.8, 4) is 6.07 Å². The van der Waals surface area contributed by atoms with Gasteiger partial charge in [-0.3, -0.25) is 20.2 Å². The number of nitrogens with one attached hydrogen (secondary N) is 3. The Labute approximate surface area is 116 Å². The van der Waals surface area contributed by atoms with Crippen LogP contribution in [-0.2, 0) is 9.59 Å². The summed E-state index contributed by atoms with van der Waals surface area (Å²) < 4.78 is 0. The summed E-state index contributed by atoms with van der Waals surface area (Å²) in [5, 5.41) is 15.5. The van der Waals surface area contributed by atoms with Gasteiger partial charge in [-0.15, -0.1) is 11.6 Å². The van der Waals surface area contributed by atoms with E-state index in [0.29, 0.717) is 24.5 Å². The van der Waals surface area contributed by atoms with Gasteiger partial charge in [-0.2, -0.15) is 5.26 Å². The Bertz CT molecular complexity index is 440. The number of allylic oxidation sites excluding steroid dienone is 1. The van der Waals surface area contributed by atoms with Gasteiger partial charge in [-0.05, 0) is 13.3 Å². The van der Waals surface area contributed by atoms with Crippen molar-refractivity contribution in [2.75, 3.05) is 12.4 Å². The number of carbonyl (C=O) groups excluding carboxylic acids is 3. The smallest absolute Gasteiger partial charge is 0.328 e. The lowest BCUT2D eigenvalue weighted by atomic mass is 10.2. The molecular weight excluding hydrogens is 272 g/mol. The van der Waals surface area contributed by atoms with E-state index in [1.165, 1.54) is 6.92 Å². The highest BCUT2D eigenvalue weighted by atomic mass is 35.5. The minimum absolute atomic E-state index is 0.228. The van der Waals surface area contributed by atoms with Crippen LogP contribution in [0.1, 0.15) is 20.3 Å². The van der Waals surface area contributed by atoms with Crippen molar-refractivity contribution in [2.45, 2.75) is 20.3 Å². The van der Waals surface area contributed by atoms with Gasteiger partial charge in [0.25, 0.3) is 5.91 Å². The normalized spacial score (nSPS) is 10.8. The molecule has 0 aromatic rings. The molecule has 3 N–H and O–H groups in total. The van der Waals surface area contributed by atoms with E-state index >= 15 is 0 Å². The zero-order valence-corrected chi connectivity index (χ0v) is 11.4. The molecule has 0 aliphatic rings. The number of amides is 4. The Balaban J connectivity index is 4.63. The second-order valence-electron chi connectivity index (χ2n) is 3.55. The van der Waals surface area contributed by atoms with Crippen LogP contribution in [0.3, 0.4) is 0 Å². The van der Waals surface area contributed by atoms with E-state index in [0.717, 1.165) is 6.92 Å². The Kier molecular flexibility index (Phi) is 7.97. The van der Waals surface area contributed by atoms with E-state index in [4.69, 9.17) is 16.9 Å². The monoisotopic (exact) mass is 286 g/mol. The van der Waals surface area contributed by atoms with Gasteiger partial charge in [-0.25, -0.2) is 4.79 Å².